The van der Waals surface area contributed by atoms with E-state index in [-0.39, 0.29) is 17.7 Å². The Labute approximate surface area is 173 Å². The molecule has 0 spiro atoms. The zero-order chi connectivity index (χ0) is 21.1. The highest BCUT2D eigenvalue weighted by Gasteiger charge is 2.44. The van der Waals surface area contributed by atoms with Crippen LogP contribution >= 0.6 is 0 Å². The van der Waals surface area contributed by atoms with E-state index in [1.54, 1.807) is 6.07 Å². The number of nitrogens with zero attached hydrogens (tertiary/aromatic N) is 2. The second kappa shape index (κ2) is 8.73. The molecule has 1 unspecified atom stereocenters. The van der Waals surface area contributed by atoms with E-state index in [9.17, 15) is 19.1 Å². The lowest BCUT2D eigenvalue weighted by atomic mass is 9.95. The summed E-state index contributed by atoms with van der Waals surface area (Å²) in [6.07, 6.45) is 2.90. The highest BCUT2D eigenvalue weighted by atomic mass is 19.1. The van der Waals surface area contributed by atoms with Gasteiger partial charge in [-0.3, -0.25) is 14.6 Å². The fourth-order valence-electron chi connectivity index (χ4n) is 3.97. The molecule has 1 aromatic heterocycles. The second-order valence-electron chi connectivity index (χ2n) is 7.38. The fourth-order valence-corrected chi connectivity index (χ4v) is 3.97. The summed E-state index contributed by atoms with van der Waals surface area (Å²) in [6.45, 7) is 3.82. The van der Waals surface area contributed by atoms with Crippen molar-refractivity contribution in [3.05, 3.63) is 71.3 Å². The molecule has 1 amide bonds. The first-order chi connectivity index (χ1) is 14.6. The number of halogens is 1. The zero-order valence-electron chi connectivity index (χ0n) is 16.3. The van der Waals surface area contributed by atoms with Gasteiger partial charge in [0.25, 0.3) is 5.91 Å². The molecular weight excluding hydrogens is 389 g/mol. The summed E-state index contributed by atoms with van der Waals surface area (Å²) in [5, 5.41) is 13.1. The average Bonchev–Trinajstić information content (AvgIpc) is 3.03. The van der Waals surface area contributed by atoms with Crippen molar-refractivity contribution in [1.82, 2.24) is 9.88 Å². The van der Waals surface area contributed by atoms with E-state index < -0.39 is 29.3 Å². The number of rotatable bonds is 5. The number of quaternary nitrogens is 1. The Hall–Kier alpha value is -3.10. The molecule has 4 rings (SSSR count). The number of ketones is 1. The Kier molecular flexibility index (Phi) is 5.87. The standard InChI is InChI=1S/C22H22FN3O4/c23-17-3-1-2-16(14-17)19-18(20(27)15-4-6-24-7-5-15)21(28)22(29)26(19)9-8-25-10-12-30-13-11-25/h1-7,14,19,27H,8-13H2. The third-order valence-corrected chi connectivity index (χ3v) is 5.54. The Morgan fingerprint density at radius 1 is 1.20 bits per heavy atom. The summed E-state index contributed by atoms with van der Waals surface area (Å²) in [6, 6.07) is 7.78. The summed E-state index contributed by atoms with van der Waals surface area (Å²) in [5.74, 6) is -2.59. The average molecular weight is 411 g/mol. The molecule has 0 aliphatic carbocycles. The van der Waals surface area contributed by atoms with Crippen molar-refractivity contribution < 1.29 is 28.7 Å². The molecule has 2 aliphatic heterocycles. The topological polar surface area (TPSA) is 87.0 Å². The minimum atomic E-state index is -0.915. The van der Waals surface area contributed by atoms with Crippen LogP contribution in [0.3, 0.4) is 0 Å². The predicted molar refractivity (Wildman–Crippen MR) is 103 cm³/mol. The molecule has 2 saturated heterocycles. The lowest BCUT2D eigenvalue weighted by molar-refractivity contribution is -0.907. The first-order valence-electron chi connectivity index (χ1n) is 9.90. The molecule has 0 bridgehead atoms. The Bertz CT molecular complexity index is 973. The molecule has 1 aromatic carbocycles. The number of likely N-dealkylation sites (tertiary alicyclic amines) is 1. The summed E-state index contributed by atoms with van der Waals surface area (Å²) in [7, 11) is 0. The number of Topliss-reactive ketones (excluding diaryl/α,β-unsaturated/α-hetero) is 1. The van der Waals surface area contributed by atoms with Crippen LogP contribution in [0.25, 0.3) is 5.76 Å². The van der Waals surface area contributed by atoms with Crippen molar-refractivity contribution in [2.75, 3.05) is 39.4 Å². The van der Waals surface area contributed by atoms with Crippen LogP contribution in [0, 0.1) is 5.82 Å². The number of carbonyl (C=O) groups excluding carboxylic acids is 2. The Morgan fingerprint density at radius 3 is 2.63 bits per heavy atom. The number of ether oxygens (including phenoxy) is 1. The number of aromatic nitrogens is 1. The van der Waals surface area contributed by atoms with E-state index in [1.165, 1.54) is 52.5 Å². The largest absolute Gasteiger partial charge is 0.872 e. The van der Waals surface area contributed by atoms with Crippen molar-refractivity contribution in [1.29, 1.82) is 0 Å². The molecule has 156 valence electrons. The van der Waals surface area contributed by atoms with Crippen LogP contribution in [0.5, 0.6) is 0 Å². The highest BCUT2D eigenvalue weighted by molar-refractivity contribution is 6.46. The molecule has 0 radical (unpaired) electrons. The van der Waals surface area contributed by atoms with Gasteiger partial charge in [0.05, 0.1) is 32.3 Å². The third kappa shape index (κ3) is 3.96. The maximum Gasteiger partial charge on any atom is 0.295 e. The van der Waals surface area contributed by atoms with Gasteiger partial charge < -0.3 is 19.6 Å². The lowest BCUT2D eigenvalue weighted by Gasteiger charge is -2.30. The molecule has 3 heterocycles. The third-order valence-electron chi connectivity index (χ3n) is 5.54. The van der Waals surface area contributed by atoms with Crippen molar-refractivity contribution in [2.24, 2.45) is 0 Å². The van der Waals surface area contributed by atoms with Crippen molar-refractivity contribution in [3.63, 3.8) is 0 Å². The Balaban J connectivity index is 1.73. The van der Waals surface area contributed by atoms with Crippen LogP contribution in [0.15, 0.2) is 54.4 Å². The number of hydrogen-bond acceptors (Lipinski definition) is 5. The van der Waals surface area contributed by atoms with Crippen molar-refractivity contribution >= 4 is 17.4 Å². The minimum absolute atomic E-state index is 0.145. The second-order valence-corrected chi connectivity index (χ2v) is 7.38. The molecule has 7 nitrogen and oxygen atoms in total. The molecule has 2 fully saturated rings. The maximum absolute atomic E-state index is 14.0. The summed E-state index contributed by atoms with van der Waals surface area (Å²) < 4.78 is 19.3. The van der Waals surface area contributed by atoms with Gasteiger partial charge in [0.1, 0.15) is 18.9 Å². The smallest absolute Gasteiger partial charge is 0.295 e. The number of benzene rings is 1. The number of nitrogens with one attached hydrogen (secondary N) is 1. The Morgan fingerprint density at radius 2 is 1.93 bits per heavy atom. The van der Waals surface area contributed by atoms with Gasteiger partial charge in [0.15, 0.2) is 0 Å². The molecule has 30 heavy (non-hydrogen) atoms. The predicted octanol–water partition coefficient (Wildman–Crippen LogP) is -0.640. The van der Waals surface area contributed by atoms with Crippen molar-refractivity contribution in [2.45, 2.75) is 6.04 Å². The number of carbonyl (C=O) groups is 2. The number of pyridine rings is 1. The van der Waals surface area contributed by atoms with Gasteiger partial charge in [-0.15, -0.1) is 0 Å². The molecular formula is C22H22FN3O4. The van der Waals surface area contributed by atoms with Crippen LogP contribution in [-0.4, -0.2) is 61.0 Å². The number of morpholine rings is 1. The van der Waals surface area contributed by atoms with E-state index in [4.69, 9.17) is 4.74 Å². The van der Waals surface area contributed by atoms with Crippen LogP contribution < -0.4 is 10.0 Å². The van der Waals surface area contributed by atoms with Crippen molar-refractivity contribution in [3.8, 4) is 0 Å². The van der Waals surface area contributed by atoms with E-state index in [0.29, 0.717) is 25.3 Å². The lowest BCUT2D eigenvalue weighted by Crippen LogP contribution is -3.14. The van der Waals surface area contributed by atoms with E-state index in [0.717, 1.165) is 13.1 Å². The van der Waals surface area contributed by atoms with E-state index in [2.05, 4.69) is 4.98 Å². The SMILES string of the molecule is O=C1C(=O)N(CC[NH+]2CCOCC2)C(c2cccc(F)c2)C1=C([O-])c1ccncc1. The molecule has 1 atom stereocenters. The van der Waals surface area contributed by atoms with E-state index in [1.807, 2.05) is 0 Å². The molecule has 8 heteroatoms. The van der Waals surface area contributed by atoms with Crippen LogP contribution in [0.2, 0.25) is 0 Å². The quantitative estimate of drug-likeness (QED) is 0.402. The van der Waals surface area contributed by atoms with Gasteiger partial charge in [-0.25, -0.2) is 4.39 Å². The highest BCUT2D eigenvalue weighted by Crippen LogP contribution is 2.38. The summed E-state index contributed by atoms with van der Waals surface area (Å²) in [4.78, 5) is 32.3. The molecule has 2 aliphatic rings. The van der Waals surface area contributed by atoms with Crippen LogP contribution in [0.1, 0.15) is 17.2 Å². The monoisotopic (exact) mass is 411 g/mol. The van der Waals surface area contributed by atoms with Gasteiger partial charge in [0, 0.05) is 18.0 Å². The number of hydrogen-bond donors (Lipinski definition) is 1. The fraction of sp³-hybridized carbons (Fsp3) is 0.318. The van der Waals surface area contributed by atoms with Gasteiger partial charge >= 0.3 is 0 Å². The summed E-state index contributed by atoms with van der Waals surface area (Å²) >= 11 is 0. The van der Waals surface area contributed by atoms with E-state index >= 15 is 0 Å². The van der Waals surface area contributed by atoms with Gasteiger partial charge in [0.2, 0.25) is 5.78 Å². The van der Waals surface area contributed by atoms with Crippen LogP contribution in [-0.2, 0) is 14.3 Å². The van der Waals surface area contributed by atoms with Crippen LogP contribution in [0.4, 0.5) is 4.39 Å². The first-order valence-corrected chi connectivity index (χ1v) is 9.90. The normalized spacial score (nSPS) is 21.9. The molecule has 0 saturated carbocycles. The molecule has 2 aromatic rings. The zero-order valence-corrected chi connectivity index (χ0v) is 16.3. The van der Waals surface area contributed by atoms with Gasteiger partial charge in [-0.2, -0.15) is 0 Å². The summed E-state index contributed by atoms with van der Waals surface area (Å²) in [5.41, 5.74) is 0.528. The van der Waals surface area contributed by atoms with Gasteiger partial charge in [-0.05, 0) is 35.4 Å². The molecule has 1 N–H and O–H groups in total. The minimum Gasteiger partial charge on any atom is -0.872 e. The van der Waals surface area contributed by atoms with Gasteiger partial charge in [-0.1, -0.05) is 17.9 Å². The maximum atomic E-state index is 14.0. The first kappa shape index (κ1) is 20.2. The number of amides is 1.